The Labute approximate surface area is 127 Å². The summed E-state index contributed by atoms with van der Waals surface area (Å²) in [6.07, 6.45) is 6.22. The third-order valence-corrected chi connectivity index (χ3v) is 4.92. The molecule has 0 radical (unpaired) electrons. The molecule has 0 spiro atoms. The van der Waals surface area contributed by atoms with Gasteiger partial charge in [0.15, 0.2) is 0 Å². The predicted molar refractivity (Wildman–Crippen MR) is 87.3 cm³/mol. The van der Waals surface area contributed by atoms with Crippen molar-refractivity contribution >= 4 is 11.3 Å². The highest BCUT2D eigenvalue weighted by molar-refractivity contribution is 7.09. The highest BCUT2D eigenvalue weighted by atomic mass is 32.1. The molecule has 3 nitrogen and oxygen atoms in total. The highest BCUT2D eigenvalue weighted by Gasteiger charge is 2.17. The highest BCUT2D eigenvalue weighted by Crippen LogP contribution is 2.17. The van der Waals surface area contributed by atoms with Gasteiger partial charge in [0.1, 0.15) is 0 Å². The van der Waals surface area contributed by atoms with Crippen molar-refractivity contribution in [1.82, 2.24) is 15.2 Å². The quantitative estimate of drug-likeness (QED) is 0.797. The molecule has 1 aromatic rings. The molecule has 1 saturated heterocycles. The number of aryl methyl sites for hydroxylation is 1. The minimum absolute atomic E-state index is 0.872. The standard InChI is InChI=1S/C16H29N3S/c1-3-5-16-18-15(13-20-16)12-19(10-4-2)11-14-6-8-17-9-7-14/h13-14,17H,3-12H2,1-2H3. The van der Waals surface area contributed by atoms with Crippen LogP contribution in [0.5, 0.6) is 0 Å². The fraction of sp³-hybridized carbons (Fsp3) is 0.812. The molecule has 0 bridgehead atoms. The zero-order valence-corrected chi connectivity index (χ0v) is 13.8. The Hall–Kier alpha value is -0.450. The summed E-state index contributed by atoms with van der Waals surface area (Å²) in [4.78, 5) is 7.39. The number of rotatable bonds is 8. The molecule has 1 N–H and O–H groups in total. The SMILES string of the molecule is CCCc1nc(CN(CCC)CC2CCNCC2)cs1. The molecule has 114 valence electrons. The predicted octanol–water partition coefficient (Wildman–Crippen LogP) is 3.31. The van der Waals surface area contributed by atoms with Gasteiger partial charge in [0, 0.05) is 18.5 Å². The van der Waals surface area contributed by atoms with E-state index in [1.165, 1.54) is 62.6 Å². The Morgan fingerprint density at radius 3 is 2.80 bits per heavy atom. The van der Waals surface area contributed by atoms with Gasteiger partial charge in [-0.3, -0.25) is 4.90 Å². The van der Waals surface area contributed by atoms with Crippen LogP contribution in [0.25, 0.3) is 0 Å². The molecule has 1 fully saturated rings. The van der Waals surface area contributed by atoms with E-state index in [2.05, 4.69) is 29.4 Å². The van der Waals surface area contributed by atoms with Crippen LogP contribution in [0.15, 0.2) is 5.38 Å². The third-order valence-electron chi connectivity index (χ3n) is 3.96. The molecular weight excluding hydrogens is 266 g/mol. The molecular formula is C16H29N3S. The van der Waals surface area contributed by atoms with E-state index >= 15 is 0 Å². The van der Waals surface area contributed by atoms with E-state index in [9.17, 15) is 0 Å². The van der Waals surface area contributed by atoms with Crippen LogP contribution in [0.4, 0.5) is 0 Å². The fourth-order valence-corrected chi connectivity index (χ4v) is 3.85. The molecule has 0 saturated carbocycles. The van der Waals surface area contributed by atoms with Crippen molar-refractivity contribution in [2.24, 2.45) is 5.92 Å². The average molecular weight is 295 g/mol. The van der Waals surface area contributed by atoms with E-state index in [0.717, 1.165) is 18.9 Å². The van der Waals surface area contributed by atoms with Gasteiger partial charge in [-0.1, -0.05) is 13.8 Å². The van der Waals surface area contributed by atoms with Crippen molar-refractivity contribution in [2.45, 2.75) is 52.5 Å². The van der Waals surface area contributed by atoms with Gasteiger partial charge in [0.25, 0.3) is 0 Å². The number of hydrogen-bond acceptors (Lipinski definition) is 4. The molecule has 20 heavy (non-hydrogen) atoms. The lowest BCUT2D eigenvalue weighted by molar-refractivity contribution is 0.197. The van der Waals surface area contributed by atoms with Crippen molar-refractivity contribution in [3.63, 3.8) is 0 Å². The first-order chi connectivity index (χ1) is 9.81. The minimum Gasteiger partial charge on any atom is -0.317 e. The first-order valence-electron chi connectivity index (χ1n) is 8.18. The number of nitrogens with one attached hydrogen (secondary N) is 1. The summed E-state index contributed by atoms with van der Waals surface area (Å²) in [6.45, 7) is 10.4. The van der Waals surface area contributed by atoms with Crippen molar-refractivity contribution < 1.29 is 0 Å². The summed E-state index contributed by atoms with van der Waals surface area (Å²) in [5.74, 6) is 0.872. The Kier molecular flexibility index (Phi) is 6.97. The van der Waals surface area contributed by atoms with Crippen molar-refractivity contribution in [1.29, 1.82) is 0 Å². The first-order valence-corrected chi connectivity index (χ1v) is 9.06. The number of hydrogen-bond donors (Lipinski definition) is 1. The smallest absolute Gasteiger partial charge is 0.0928 e. The molecule has 4 heteroatoms. The number of nitrogens with zero attached hydrogens (tertiary/aromatic N) is 2. The van der Waals surface area contributed by atoms with E-state index in [4.69, 9.17) is 4.98 Å². The second-order valence-corrected chi connectivity index (χ2v) is 6.85. The summed E-state index contributed by atoms with van der Waals surface area (Å²) < 4.78 is 0. The second-order valence-electron chi connectivity index (χ2n) is 5.91. The van der Waals surface area contributed by atoms with Crippen LogP contribution in [-0.2, 0) is 13.0 Å². The minimum atomic E-state index is 0.872. The van der Waals surface area contributed by atoms with E-state index < -0.39 is 0 Å². The summed E-state index contributed by atoms with van der Waals surface area (Å²) in [5.41, 5.74) is 1.28. The maximum Gasteiger partial charge on any atom is 0.0928 e. The number of piperidine rings is 1. The Bertz CT molecular complexity index is 372. The third kappa shape index (κ3) is 5.15. The van der Waals surface area contributed by atoms with Crippen molar-refractivity contribution in [2.75, 3.05) is 26.2 Å². The van der Waals surface area contributed by atoms with E-state index in [1.807, 2.05) is 11.3 Å². The van der Waals surface area contributed by atoms with Crippen LogP contribution in [0, 0.1) is 5.92 Å². The van der Waals surface area contributed by atoms with Crippen LogP contribution < -0.4 is 5.32 Å². The lowest BCUT2D eigenvalue weighted by Crippen LogP contribution is -2.36. The Balaban J connectivity index is 1.86. The molecule has 0 aliphatic carbocycles. The largest absolute Gasteiger partial charge is 0.317 e. The molecule has 0 atom stereocenters. The molecule has 1 aromatic heterocycles. The molecule has 0 aromatic carbocycles. The van der Waals surface area contributed by atoms with Gasteiger partial charge < -0.3 is 5.32 Å². The summed E-state index contributed by atoms with van der Waals surface area (Å²) >= 11 is 1.83. The lowest BCUT2D eigenvalue weighted by Gasteiger charge is -2.29. The zero-order valence-electron chi connectivity index (χ0n) is 13.0. The van der Waals surface area contributed by atoms with E-state index in [0.29, 0.717) is 0 Å². The van der Waals surface area contributed by atoms with Gasteiger partial charge in [0.2, 0.25) is 0 Å². The van der Waals surface area contributed by atoms with Crippen molar-refractivity contribution in [3.8, 4) is 0 Å². The molecule has 1 aliphatic heterocycles. The first kappa shape index (κ1) is 15.9. The van der Waals surface area contributed by atoms with Crippen molar-refractivity contribution in [3.05, 3.63) is 16.1 Å². The Morgan fingerprint density at radius 1 is 1.30 bits per heavy atom. The van der Waals surface area contributed by atoms with Gasteiger partial charge >= 0.3 is 0 Å². The van der Waals surface area contributed by atoms with Crippen LogP contribution in [0.3, 0.4) is 0 Å². The van der Waals surface area contributed by atoms with Gasteiger partial charge in [-0.15, -0.1) is 11.3 Å². The van der Waals surface area contributed by atoms with Crippen LogP contribution in [0.2, 0.25) is 0 Å². The maximum absolute atomic E-state index is 4.78. The maximum atomic E-state index is 4.78. The molecule has 0 unspecified atom stereocenters. The molecule has 1 aliphatic rings. The van der Waals surface area contributed by atoms with Gasteiger partial charge in [-0.2, -0.15) is 0 Å². The summed E-state index contributed by atoms with van der Waals surface area (Å²) in [6, 6.07) is 0. The van der Waals surface area contributed by atoms with E-state index in [1.54, 1.807) is 0 Å². The zero-order chi connectivity index (χ0) is 14.2. The Morgan fingerprint density at radius 2 is 2.10 bits per heavy atom. The number of aromatic nitrogens is 1. The van der Waals surface area contributed by atoms with Gasteiger partial charge in [-0.05, 0) is 57.7 Å². The fourth-order valence-electron chi connectivity index (χ4n) is 2.96. The molecule has 2 heterocycles. The monoisotopic (exact) mass is 295 g/mol. The summed E-state index contributed by atoms with van der Waals surface area (Å²) in [5, 5.41) is 7.02. The second kappa shape index (κ2) is 8.75. The summed E-state index contributed by atoms with van der Waals surface area (Å²) in [7, 11) is 0. The average Bonchev–Trinajstić information content (AvgIpc) is 2.88. The number of thiazole rings is 1. The van der Waals surface area contributed by atoms with Gasteiger partial charge in [0.05, 0.1) is 10.7 Å². The molecule has 2 rings (SSSR count). The lowest BCUT2D eigenvalue weighted by atomic mass is 9.97. The normalized spacial score (nSPS) is 16.9. The van der Waals surface area contributed by atoms with Crippen LogP contribution in [0.1, 0.15) is 50.2 Å². The molecule has 0 amide bonds. The van der Waals surface area contributed by atoms with Crippen LogP contribution >= 0.6 is 11.3 Å². The van der Waals surface area contributed by atoms with E-state index in [-0.39, 0.29) is 0 Å². The topological polar surface area (TPSA) is 28.2 Å². The van der Waals surface area contributed by atoms with Gasteiger partial charge in [-0.25, -0.2) is 4.98 Å². The van der Waals surface area contributed by atoms with Crippen LogP contribution in [-0.4, -0.2) is 36.1 Å².